The molecule has 0 aromatic carbocycles. The van der Waals surface area contributed by atoms with Crippen LogP contribution in [0.3, 0.4) is 0 Å². The van der Waals surface area contributed by atoms with Crippen molar-refractivity contribution in [2.24, 2.45) is 0 Å². The standard InChI is InChI=1S/C5H10OS/c1-3-5(7)4(2)6/h4,6H,3H2,1-2H3. The fourth-order valence-electron chi connectivity index (χ4n) is 0.295. The predicted octanol–water partition coefficient (Wildman–Crippen LogP) is 1.15. The van der Waals surface area contributed by atoms with Gasteiger partial charge >= 0.3 is 0 Å². The number of aliphatic hydroxyl groups excluding tert-OH is 1. The molecular weight excluding hydrogens is 108 g/mol. The number of rotatable bonds is 2. The third-order valence-electron chi connectivity index (χ3n) is 0.814. The van der Waals surface area contributed by atoms with Crippen molar-refractivity contribution in [3.63, 3.8) is 0 Å². The van der Waals surface area contributed by atoms with Crippen LogP contribution < -0.4 is 0 Å². The number of aliphatic hydroxyl groups is 1. The zero-order valence-corrected chi connectivity index (χ0v) is 5.46. The lowest BCUT2D eigenvalue weighted by molar-refractivity contribution is 0.263. The maximum atomic E-state index is 8.68. The van der Waals surface area contributed by atoms with Gasteiger partial charge in [0.15, 0.2) is 0 Å². The third kappa shape index (κ3) is 2.71. The Labute approximate surface area is 49.4 Å². The second kappa shape index (κ2) is 3.10. The topological polar surface area (TPSA) is 20.2 Å². The lowest BCUT2D eigenvalue weighted by Crippen LogP contribution is -2.11. The van der Waals surface area contributed by atoms with Crippen LogP contribution in [0.15, 0.2) is 0 Å². The molecule has 0 aliphatic rings. The van der Waals surface area contributed by atoms with Crippen molar-refractivity contribution in [3.8, 4) is 0 Å². The van der Waals surface area contributed by atoms with E-state index in [1.807, 2.05) is 6.92 Å². The van der Waals surface area contributed by atoms with Crippen molar-refractivity contribution in [1.82, 2.24) is 0 Å². The molecule has 1 N–H and O–H groups in total. The predicted molar refractivity (Wildman–Crippen MR) is 34.6 cm³/mol. The molecule has 0 spiro atoms. The van der Waals surface area contributed by atoms with Gasteiger partial charge in [0.2, 0.25) is 0 Å². The first-order chi connectivity index (χ1) is 3.18. The Bertz CT molecular complexity index is 68.5. The van der Waals surface area contributed by atoms with Crippen LogP contribution in [0.25, 0.3) is 0 Å². The monoisotopic (exact) mass is 118 g/mol. The van der Waals surface area contributed by atoms with Crippen LogP contribution in [0.4, 0.5) is 0 Å². The zero-order chi connectivity index (χ0) is 5.86. The molecule has 0 saturated heterocycles. The van der Waals surface area contributed by atoms with Crippen molar-refractivity contribution < 1.29 is 5.11 Å². The SMILES string of the molecule is CCC(=S)C(C)O. The van der Waals surface area contributed by atoms with E-state index >= 15 is 0 Å². The molecule has 0 amide bonds. The summed E-state index contributed by atoms with van der Waals surface area (Å²) >= 11 is 4.73. The summed E-state index contributed by atoms with van der Waals surface area (Å²) in [5.41, 5.74) is 0. The first-order valence-electron chi connectivity index (χ1n) is 2.39. The van der Waals surface area contributed by atoms with Gasteiger partial charge in [0.1, 0.15) is 0 Å². The van der Waals surface area contributed by atoms with Gasteiger partial charge < -0.3 is 5.11 Å². The summed E-state index contributed by atoms with van der Waals surface area (Å²) in [6.07, 6.45) is 0.396. The highest BCUT2D eigenvalue weighted by Crippen LogP contribution is 1.90. The molecular formula is C5H10OS. The Morgan fingerprint density at radius 1 is 1.86 bits per heavy atom. The Kier molecular flexibility index (Phi) is 3.13. The van der Waals surface area contributed by atoms with Crippen molar-refractivity contribution in [3.05, 3.63) is 0 Å². The van der Waals surface area contributed by atoms with E-state index in [1.165, 1.54) is 0 Å². The minimum absolute atomic E-state index is 0.403. The van der Waals surface area contributed by atoms with Crippen molar-refractivity contribution in [1.29, 1.82) is 0 Å². The second-order valence-corrected chi connectivity index (χ2v) is 2.02. The fraction of sp³-hybridized carbons (Fsp3) is 0.800. The van der Waals surface area contributed by atoms with Gasteiger partial charge in [0, 0.05) is 4.86 Å². The summed E-state index contributed by atoms with van der Waals surface area (Å²) in [6, 6.07) is 0. The highest BCUT2D eigenvalue weighted by Gasteiger charge is 1.97. The smallest absolute Gasteiger partial charge is 0.0823 e. The average molecular weight is 118 g/mol. The van der Waals surface area contributed by atoms with Crippen molar-refractivity contribution in [2.75, 3.05) is 0 Å². The summed E-state index contributed by atoms with van der Waals surface area (Å²) in [5, 5.41) is 8.68. The summed E-state index contributed by atoms with van der Waals surface area (Å²) in [6.45, 7) is 3.63. The average Bonchev–Trinajstić information content (AvgIpc) is 1.65. The molecule has 1 nitrogen and oxygen atoms in total. The molecule has 0 heterocycles. The highest BCUT2D eigenvalue weighted by molar-refractivity contribution is 7.80. The molecule has 0 saturated carbocycles. The molecule has 0 fully saturated rings. The second-order valence-electron chi connectivity index (χ2n) is 1.50. The van der Waals surface area contributed by atoms with Gasteiger partial charge in [-0.25, -0.2) is 0 Å². The van der Waals surface area contributed by atoms with Crippen LogP contribution in [0.2, 0.25) is 0 Å². The Balaban J connectivity index is 3.35. The van der Waals surface area contributed by atoms with Gasteiger partial charge in [-0.15, -0.1) is 0 Å². The molecule has 7 heavy (non-hydrogen) atoms. The van der Waals surface area contributed by atoms with Crippen LogP contribution in [-0.4, -0.2) is 16.1 Å². The maximum absolute atomic E-state index is 8.68. The van der Waals surface area contributed by atoms with Gasteiger partial charge in [-0.05, 0) is 13.3 Å². The van der Waals surface area contributed by atoms with Crippen LogP contribution in [0.1, 0.15) is 20.3 Å². The molecule has 0 aliphatic heterocycles. The molecule has 0 aromatic heterocycles. The molecule has 1 atom stereocenters. The molecule has 0 aliphatic carbocycles. The van der Waals surface area contributed by atoms with Gasteiger partial charge in [0.25, 0.3) is 0 Å². The zero-order valence-electron chi connectivity index (χ0n) is 4.64. The summed E-state index contributed by atoms with van der Waals surface area (Å²) in [5.74, 6) is 0. The Morgan fingerprint density at radius 2 is 2.29 bits per heavy atom. The van der Waals surface area contributed by atoms with Crippen LogP contribution in [0.5, 0.6) is 0 Å². The van der Waals surface area contributed by atoms with E-state index in [9.17, 15) is 0 Å². The van der Waals surface area contributed by atoms with E-state index in [-0.39, 0.29) is 0 Å². The summed E-state index contributed by atoms with van der Waals surface area (Å²) in [4.78, 5) is 0.736. The van der Waals surface area contributed by atoms with E-state index in [1.54, 1.807) is 6.92 Å². The molecule has 0 rings (SSSR count). The molecule has 0 bridgehead atoms. The first kappa shape index (κ1) is 7.05. The minimum atomic E-state index is -0.403. The first-order valence-corrected chi connectivity index (χ1v) is 2.80. The number of hydrogen-bond donors (Lipinski definition) is 1. The van der Waals surface area contributed by atoms with Crippen LogP contribution in [0, 0.1) is 0 Å². The third-order valence-corrected chi connectivity index (χ3v) is 1.44. The largest absolute Gasteiger partial charge is 0.388 e. The van der Waals surface area contributed by atoms with Crippen LogP contribution >= 0.6 is 12.2 Å². The van der Waals surface area contributed by atoms with E-state index in [4.69, 9.17) is 17.3 Å². The normalized spacial score (nSPS) is 13.6. The van der Waals surface area contributed by atoms with Crippen LogP contribution in [-0.2, 0) is 0 Å². The number of hydrogen-bond acceptors (Lipinski definition) is 2. The van der Waals surface area contributed by atoms with Gasteiger partial charge in [-0.2, -0.15) is 0 Å². The highest BCUT2D eigenvalue weighted by atomic mass is 32.1. The lowest BCUT2D eigenvalue weighted by Gasteiger charge is -1.99. The number of thiocarbonyl (C=S) groups is 1. The molecule has 2 heteroatoms. The Morgan fingerprint density at radius 3 is 2.29 bits per heavy atom. The fourth-order valence-corrected chi connectivity index (χ4v) is 0.295. The van der Waals surface area contributed by atoms with E-state index < -0.39 is 6.10 Å². The van der Waals surface area contributed by atoms with E-state index in [0.29, 0.717) is 0 Å². The lowest BCUT2D eigenvalue weighted by atomic mass is 10.2. The minimum Gasteiger partial charge on any atom is -0.388 e. The summed E-state index contributed by atoms with van der Waals surface area (Å²) < 4.78 is 0. The van der Waals surface area contributed by atoms with Crippen molar-refractivity contribution in [2.45, 2.75) is 26.4 Å². The molecule has 1 unspecified atom stereocenters. The summed E-state index contributed by atoms with van der Waals surface area (Å²) in [7, 11) is 0. The molecule has 42 valence electrons. The van der Waals surface area contributed by atoms with Gasteiger partial charge in [0.05, 0.1) is 6.10 Å². The molecule has 0 aromatic rings. The molecule has 0 radical (unpaired) electrons. The van der Waals surface area contributed by atoms with Gasteiger partial charge in [-0.3, -0.25) is 0 Å². The van der Waals surface area contributed by atoms with E-state index in [2.05, 4.69) is 0 Å². The maximum Gasteiger partial charge on any atom is 0.0823 e. The quantitative estimate of drug-likeness (QED) is 0.549. The van der Waals surface area contributed by atoms with Gasteiger partial charge in [-0.1, -0.05) is 19.1 Å². The van der Waals surface area contributed by atoms with Crippen molar-refractivity contribution >= 4 is 17.1 Å². The van der Waals surface area contributed by atoms with E-state index in [0.717, 1.165) is 11.3 Å². The Hall–Kier alpha value is 0.0500.